The zero-order valence-corrected chi connectivity index (χ0v) is 19.1. The Bertz CT molecular complexity index is 590. The molecule has 0 aliphatic heterocycles. The molecule has 0 amide bonds. The van der Waals surface area contributed by atoms with Crippen molar-refractivity contribution in [2.24, 2.45) is 5.92 Å². The second-order valence-electron chi connectivity index (χ2n) is 8.79. The van der Waals surface area contributed by atoms with Crippen molar-refractivity contribution >= 4 is 0 Å². The van der Waals surface area contributed by atoms with Gasteiger partial charge in [-0.25, -0.2) is 4.98 Å². The van der Waals surface area contributed by atoms with Gasteiger partial charge in [0.15, 0.2) is 0 Å². The van der Waals surface area contributed by atoms with Gasteiger partial charge in [0.05, 0.1) is 6.33 Å². The minimum absolute atomic E-state index is 0.579. The average Bonchev–Trinajstić information content (AvgIpc) is 3.28. The summed E-state index contributed by atoms with van der Waals surface area (Å²) in [6, 6.07) is 11.7. The fraction of sp³-hybridized carbons (Fsp3) is 0.667. The SMILES string of the molecule is CCCCCCCCC(Cc1ccccc1)C(CCCCCCC)n1ccnc1. The van der Waals surface area contributed by atoms with Gasteiger partial charge in [-0.1, -0.05) is 115 Å². The van der Waals surface area contributed by atoms with Gasteiger partial charge in [0, 0.05) is 18.4 Å². The van der Waals surface area contributed by atoms with Crippen LogP contribution in [-0.2, 0) is 6.42 Å². The molecule has 0 aliphatic carbocycles. The van der Waals surface area contributed by atoms with E-state index in [1.807, 2.05) is 6.20 Å². The molecular formula is C27H44N2. The summed E-state index contributed by atoms with van der Waals surface area (Å²) in [6.07, 6.45) is 25.1. The average molecular weight is 397 g/mol. The molecule has 1 aromatic heterocycles. The first-order valence-corrected chi connectivity index (χ1v) is 12.4. The van der Waals surface area contributed by atoms with E-state index in [1.165, 1.54) is 95.5 Å². The van der Waals surface area contributed by atoms with E-state index in [0.29, 0.717) is 12.0 Å². The molecule has 162 valence electrons. The highest BCUT2D eigenvalue weighted by atomic mass is 15.1. The smallest absolute Gasteiger partial charge is 0.0948 e. The zero-order valence-electron chi connectivity index (χ0n) is 19.1. The standard InChI is InChI=1S/C27H44N2/c1-3-5-7-9-11-15-19-26(23-25-17-13-12-14-18-25)27(29-22-21-28-24-29)20-16-10-8-6-4-2/h12-14,17-18,21-22,24,26-27H,3-11,15-16,19-20,23H2,1-2H3. The van der Waals surface area contributed by atoms with Crippen molar-refractivity contribution in [2.75, 3.05) is 0 Å². The summed E-state index contributed by atoms with van der Waals surface area (Å²) in [7, 11) is 0. The minimum atomic E-state index is 0.579. The van der Waals surface area contributed by atoms with E-state index in [4.69, 9.17) is 0 Å². The molecule has 2 nitrogen and oxygen atoms in total. The lowest BCUT2D eigenvalue weighted by atomic mass is 9.84. The number of benzene rings is 1. The first kappa shape index (κ1) is 23.7. The van der Waals surface area contributed by atoms with Gasteiger partial charge >= 0.3 is 0 Å². The number of unbranched alkanes of at least 4 members (excludes halogenated alkanes) is 9. The van der Waals surface area contributed by atoms with Crippen molar-refractivity contribution in [2.45, 2.75) is 110 Å². The minimum Gasteiger partial charge on any atom is -0.334 e. The lowest BCUT2D eigenvalue weighted by Gasteiger charge is -2.29. The van der Waals surface area contributed by atoms with Gasteiger partial charge in [0.1, 0.15) is 0 Å². The Morgan fingerprint density at radius 3 is 2.00 bits per heavy atom. The molecule has 2 atom stereocenters. The van der Waals surface area contributed by atoms with E-state index in [-0.39, 0.29) is 0 Å². The second kappa shape index (κ2) is 15.3. The molecule has 0 saturated carbocycles. The molecular weight excluding hydrogens is 352 g/mol. The first-order chi connectivity index (χ1) is 14.3. The van der Waals surface area contributed by atoms with Gasteiger partial charge in [0.2, 0.25) is 0 Å². The van der Waals surface area contributed by atoms with Crippen molar-refractivity contribution in [3.63, 3.8) is 0 Å². The van der Waals surface area contributed by atoms with Crippen molar-refractivity contribution in [3.8, 4) is 0 Å². The van der Waals surface area contributed by atoms with Crippen LogP contribution in [0.4, 0.5) is 0 Å². The van der Waals surface area contributed by atoms with Crippen molar-refractivity contribution in [1.82, 2.24) is 9.55 Å². The molecule has 2 unspecified atom stereocenters. The third-order valence-electron chi connectivity index (χ3n) is 6.32. The fourth-order valence-electron chi connectivity index (χ4n) is 4.59. The van der Waals surface area contributed by atoms with Crippen LogP contribution in [-0.4, -0.2) is 9.55 Å². The molecule has 0 radical (unpaired) electrons. The maximum atomic E-state index is 4.38. The van der Waals surface area contributed by atoms with Crippen molar-refractivity contribution < 1.29 is 0 Å². The Labute approximate surface area is 180 Å². The Balaban J connectivity index is 1.99. The van der Waals surface area contributed by atoms with Crippen LogP contribution < -0.4 is 0 Å². The van der Waals surface area contributed by atoms with Gasteiger partial charge in [-0.3, -0.25) is 0 Å². The monoisotopic (exact) mass is 396 g/mol. The third-order valence-corrected chi connectivity index (χ3v) is 6.32. The second-order valence-corrected chi connectivity index (χ2v) is 8.79. The number of aromatic nitrogens is 2. The van der Waals surface area contributed by atoms with E-state index in [9.17, 15) is 0 Å². The largest absolute Gasteiger partial charge is 0.334 e. The first-order valence-electron chi connectivity index (χ1n) is 12.4. The maximum Gasteiger partial charge on any atom is 0.0948 e. The summed E-state index contributed by atoms with van der Waals surface area (Å²) < 4.78 is 2.41. The highest BCUT2D eigenvalue weighted by Crippen LogP contribution is 2.32. The van der Waals surface area contributed by atoms with Crippen molar-refractivity contribution in [1.29, 1.82) is 0 Å². The molecule has 2 heteroatoms. The summed E-state index contributed by atoms with van der Waals surface area (Å²) in [5.74, 6) is 0.698. The highest BCUT2D eigenvalue weighted by molar-refractivity contribution is 5.15. The number of hydrogen-bond acceptors (Lipinski definition) is 1. The van der Waals surface area contributed by atoms with Crippen LogP contribution in [0.3, 0.4) is 0 Å². The molecule has 0 bridgehead atoms. The van der Waals surface area contributed by atoms with Crippen LogP contribution in [0.5, 0.6) is 0 Å². The number of rotatable bonds is 17. The Morgan fingerprint density at radius 2 is 1.38 bits per heavy atom. The van der Waals surface area contributed by atoms with Crippen LogP contribution in [0.25, 0.3) is 0 Å². The summed E-state index contributed by atoms with van der Waals surface area (Å²) in [4.78, 5) is 4.38. The molecule has 1 heterocycles. The number of imidazole rings is 1. The van der Waals surface area contributed by atoms with E-state index >= 15 is 0 Å². The summed E-state index contributed by atoms with van der Waals surface area (Å²) in [6.45, 7) is 4.59. The molecule has 0 saturated heterocycles. The van der Waals surface area contributed by atoms with Crippen LogP contribution in [0, 0.1) is 5.92 Å². The molecule has 2 rings (SSSR count). The number of hydrogen-bond donors (Lipinski definition) is 0. The zero-order chi connectivity index (χ0) is 20.6. The quantitative estimate of drug-likeness (QED) is 0.245. The van der Waals surface area contributed by atoms with Gasteiger partial charge in [-0.15, -0.1) is 0 Å². The van der Waals surface area contributed by atoms with E-state index in [1.54, 1.807) is 0 Å². The lowest BCUT2D eigenvalue weighted by molar-refractivity contribution is 0.275. The molecule has 0 N–H and O–H groups in total. The fourth-order valence-corrected chi connectivity index (χ4v) is 4.59. The third kappa shape index (κ3) is 9.65. The van der Waals surface area contributed by atoms with Gasteiger partial charge in [0.25, 0.3) is 0 Å². The van der Waals surface area contributed by atoms with Crippen LogP contribution in [0.15, 0.2) is 49.1 Å². The molecule has 0 fully saturated rings. The van der Waals surface area contributed by atoms with Gasteiger partial charge in [-0.05, 0) is 30.7 Å². The van der Waals surface area contributed by atoms with Crippen LogP contribution in [0.1, 0.15) is 109 Å². The molecule has 2 aromatic rings. The van der Waals surface area contributed by atoms with E-state index in [0.717, 1.165) is 0 Å². The predicted octanol–water partition coefficient (Wildman–Crippen LogP) is 8.39. The Hall–Kier alpha value is -1.57. The topological polar surface area (TPSA) is 17.8 Å². The van der Waals surface area contributed by atoms with Crippen LogP contribution in [0.2, 0.25) is 0 Å². The normalized spacial score (nSPS) is 13.4. The number of nitrogens with zero attached hydrogens (tertiary/aromatic N) is 2. The van der Waals surface area contributed by atoms with Crippen molar-refractivity contribution in [3.05, 3.63) is 54.6 Å². The van der Waals surface area contributed by atoms with Gasteiger partial charge < -0.3 is 4.57 Å². The Morgan fingerprint density at radius 1 is 0.759 bits per heavy atom. The molecule has 0 spiro atoms. The highest BCUT2D eigenvalue weighted by Gasteiger charge is 2.22. The molecule has 29 heavy (non-hydrogen) atoms. The Kier molecular flexibility index (Phi) is 12.5. The summed E-state index contributed by atoms with van der Waals surface area (Å²) in [5.41, 5.74) is 1.49. The molecule has 1 aromatic carbocycles. The lowest BCUT2D eigenvalue weighted by Crippen LogP contribution is -2.21. The summed E-state index contributed by atoms with van der Waals surface area (Å²) >= 11 is 0. The maximum absolute atomic E-state index is 4.38. The summed E-state index contributed by atoms with van der Waals surface area (Å²) in [5, 5.41) is 0. The molecule has 0 aliphatic rings. The van der Waals surface area contributed by atoms with E-state index < -0.39 is 0 Å². The predicted molar refractivity (Wildman–Crippen MR) is 126 cm³/mol. The van der Waals surface area contributed by atoms with Crippen LogP contribution >= 0.6 is 0 Å². The van der Waals surface area contributed by atoms with E-state index in [2.05, 4.69) is 66.3 Å². The van der Waals surface area contributed by atoms with Gasteiger partial charge in [-0.2, -0.15) is 0 Å².